The average Bonchev–Trinajstić information content (AvgIpc) is 3.09. The number of benzene rings is 1. The number of fused-ring (bicyclic) bond motifs is 2. The van der Waals surface area contributed by atoms with Crippen LogP contribution in [0, 0.1) is 0 Å². The fraction of sp³-hybridized carbons (Fsp3) is 0.250. The van der Waals surface area contributed by atoms with Crippen molar-refractivity contribution in [2.45, 2.75) is 36.9 Å². The molecule has 5 rings (SSSR count). The first-order valence-corrected chi connectivity index (χ1v) is 10.2. The second-order valence-corrected chi connectivity index (χ2v) is 8.06. The maximum absolute atomic E-state index is 12.9. The van der Waals surface area contributed by atoms with Crippen molar-refractivity contribution in [3.8, 4) is 11.3 Å². The summed E-state index contributed by atoms with van der Waals surface area (Å²) in [5.41, 5.74) is 0.876. The van der Waals surface area contributed by atoms with Gasteiger partial charge in [0.15, 0.2) is 5.60 Å². The van der Waals surface area contributed by atoms with Gasteiger partial charge in [0, 0.05) is 23.6 Å². The van der Waals surface area contributed by atoms with Gasteiger partial charge in [0.1, 0.15) is 5.60 Å². The zero-order chi connectivity index (χ0) is 21.5. The van der Waals surface area contributed by atoms with E-state index in [0.717, 1.165) is 11.3 Å². The summed E-state index contributed by atoms with van der Waals surface area (Å²) >= 11 is 0. The van der Waals surface area contributed by atoms with Crippen LogP contribution in [-0.4, -0.2) is 32.6 Å². The van der Waals surface area contributed by atoms with E-state index in [1.165, 1.54) is 0 Å². The number of amides is 1. The number of carbonyl (C=O) groups is 2. The monoisotopic (exact) mass is 415 g/mol. The van der Waals surface area contributed by atoms with Gasteiger partial charge in [-0.25, -0.2) is 4.79 Å². The van der Waals surface area contributed by atoms with E-state index in [9.17, 15) is 14.7 Å². The molecule has 7 nitrogen and oxygen atoms in total. The van der Waals surface area contributed by atoms with Crippen molar-refractivity contribution in [2.24, 2.45) is 0 Å². The smallest absolute Gasteiger partial charge is 0.341 e. The molecule has 1 aromatic carbocycles. The minimum absolute atomic E-state index is 0.165. The van der Waals surface area contributed by atoms with Crippen LogP contribution in [0.5, 0.6) is 0 Å². The predicted molar refractivity (Wildman–Crippen MR) is 113 cm³/mol. The van der Waals surface area contributed by atoms with E-state index in [1.807, 2.05) is 30.3 Å². The normalized spacial score (nSPS) is 24.5. The minimum atomic E-state index is -1.55. The Kier molecular flexibility index (Phi) is 4.55. The largest absolute Gasteiger partial charge is 0.449 e. The summed E-state index contributed by atoms with van der Waals surface area (Å²) in [6, 6.07) is 16.5. The number of aliphatic hydroxyl groups is 1. The zero-order valence-electron chi connectivity index (χ0n) is 16.7. The highest BCUT2D eigenvalue weighted by Crippen LogP contribution is 2.48. The number of hydrogen-bond donors (Lipinski definition) is 2. The molecule has 1 spiro atoms. The molecule has 0 unspecified atom stereocenters. The Labute approximate surface area is 179 Å². The van der Waals surface area contributed by atoms with Crippen molar-refractivity contribution >= 4 is 17.6 Å². The highest BCUT2D eigenvalue weighted by atomic mass is 16.6. The number of carbonyl (C=O) groups excluding carboxylic acids is 2. The molecule has 156 valence electrons. The number of rotatable bonds is 3. The maximum Gasteiger partial charge on any atom is 0.341 e. The molecule has 1 fully saturated rings. The van der Waals surface area contributed by atoms with Crippen molar-refractivity contribution in [1.82, 2.24) is 9.97 Å². The van der Waals surface area contributed by atoms with Crippen LogP contribution in [0.15, 0.2) is 67.0 Å². The molecular weight excluding hydrogens is 394 g/mol. The van der Waals surface area contributed by atoms with Gasteiger partial charge in [-0.05, 0) is 49.9 Å². The fourth-order valence-electron chi connectivity index (χ4n) is 4.37. The Hall–Kier alpha value is -3.58. The van der Waals surface area contributed by atoms with Crippen molar-refractivity contribution < 1.29 is 19.4 Å². The summed E-state index contributed by atoms with van der Waals surface area (Å²) in [7, 11) is 0. The van der Waals surface area contributed by atoms with Crippen molar-refractivity contribution in [1.29, 1.82) is 0 Å². The molecule has 1 aliphatic carbocycles. The third kappa shape index (κ3) is 3.37. The summed E-state index contributed by atoms with van der Waals surface area (Å²) in [6.07, 6.45) is 4.25. The van der Waals surface area contributed by atoms with Crippen LogP contribution in [0.2, 0.25) is 0 Å². The fourth-order valence-corrected chi connectivity index (χ4v) is 4.37. The van der Waals surface area contributed by atoms with Gasteiger partial charge < -0.3 is 15.2 Å². The Morgan fingerprint density at radius 3 is 2.52 bits per heavy atom. The Morgan fingerprint density at radius 2 is 1.74 bits per heavy atom. The summed E-state index contributed by atoms with van der Waals surface area (Å²) < 4.78 is 5.66. The van der Waals surface area contributed by atoms with Gasteiger partial charge in [-0.15, -0.1) is 0 Å². The van der Waals surface area contributed by atoms with Crippen LogP contribution in [0.3, 0.4) is 0 Å². The second kappa shape index (κ2) is 7.28. The molecule has 3 aromatic rings. The molecular formula is C24H21N3O4. The molecule has 0 radical (unpaired) electrons. The SMILES string of the molecule is O=C1O[C@]2(CC[C@](O)(C(=O)Nc3ccnc(-c4ccccc4)c3)CC2)c2ncccc21. The number of aromatic nitrogens is 2. The summed E-state index contributed by atoms with van der Waals surface area (Å²) in [4.78, 5) is 33.9. The number of esters is 1. The van der Waals surface area contributed by atoms with E-state index in [4.69, 9.17) is 4.74 Å². The zero-order valence-corrected chi connectivity index (χ0v) is 16.7. The lowest BCUT2D eigenvalue weighted by atomic mass is 9.74. The Morgan fingerprint density at radius 1 is 0.968 bits per heavy atom. The number of pyridine rings is 2. The quantitative estimate of drug-likeness (QED) is 0.636. The van der Waals surface area contributed by atoms with Crippen LogP contribution >= 0.6 is 0 Å². The summed E-state index contributed by atoms with van der Waals surface area (Å²) in [5.74, 6) is -0.874. The third-order valence-electron chi connectivity index (χ3n) is 6.14. The molecule has 1 amide bonds. The number of nitrogens with one attached hydrogen (secondary N) is 1. The second-order valence-electron chi connectivity index (χ2n) is 8.06. The Bertz CT molecular complexity index is 1150. The van der Waals surface area contributed by atoms with Gasteiger partial charge in [-0.1, -0.05) is 30.3 Å². The molecule has 2 aromatic heterocycles. The molecule has 31 heavy (non-hydrogen) atoms. The standard InChI is InChI=1S/C24H21N3O4/c28-21-18-7-4-13-26-20(18)24(31-21)11-9-23(30,10-12-24)22(29)27-17-8-14-25-19(15-17)16-5-2-1-3-6-16/h1-8,13-15,30H,9-12H2,(H,25,27,29)/t23-,24+. The topological polar surface area (TPSA) is 101 Å². The van der Waals surface area contributed by atoms with Gasteiger partial charge in [0.2, 0.25) is 0 Å². The first kappa shape index (κ1) is 19.4. The van der Waals surface area contributed by atoms with Gasteiger partial charge in [-0.3, -0.25) is 14.8 Å². The molecule has 0 bridgehead atoms. The van der Waals surface area contributed by atoms with E-state index in [0.29, 0.717) is 29.8 Å². The van der Waals surface area contributed by atoms with E-state index in [1.54, 1.807) is 36.7 Å². The number of hydrogen-bond acceptors (Lipinski definition) is 6. The van der Waals surface area contributed by atoms with Crippen LogP contribution in [0.1, 0.15) is 41.7 Å². The van der Waals surface area contributed by atoms with Crippen molar-refractivity contribution in [3.63, 3.8) is 0 Å². The van der Waals surface area contributed by atoms with Gasteiger partial charge in [0.25, 0.3) is 5.91 Å². The highest BCUT2D eigenvalue weighted by Gasteiger charge is 2.53. The van der Waals surface area contributed by atoms with Gasteiger partial charge >= 0.3 is 5.97 Å². The average molecular weight is 415 g/mol. The van der Waals surface area contributed by atoms with Crippen LogP contribution < -0.4 is 5.32 Å². The molecule has 1 saturated carbocycles. The minimum Gasteiger partial charge on any atom is -0.449 e. The van der Waals surface area contributed by atoms with E-state index in [2.05, 4.69) is 15.3 Å². The van der Waals surface area contributed by atoms with E-state index < -0.39 is 23.1 Å². The first-order chi connectivity index (χ1) is 15.0. The third-order valence-corrected chi connectivity index (χ3v) is 6.14. The molecule has 3 heterocycles. The van der Waals surface area contributed by atoms with Crippen LogP contribution in [-0.2, 0) is 15.1 Å². The maximum atomic E-state index is 12.9. The molecule has 0 atom stereocenters. The van der Waals surface area contributed by atoms with Crippen LogP contribution in [0.25, 0.3) is 11.3 Å². The van der Waals surface area contributed by atoms with Crippen LogP contribution in [0.4, 0.5) is 5.69 Å². The molecule has 2 aliphatic rings. The summed E-state index contributed by atoms with van der Waals surface area (Å²) in [5, 5.41) is 13.9. The lowest BCUT2D eigenvalue weighted by molar-refractivity contribution is -0.144. The lowest BCUT2D eigenvalue weighted by Gasteiger charge is -2.39. The summed E-state index contributed by atoms with van der Waals surface area (Å²) in [6.45, 7) is 0. The van der Waals surface area contributed by atoms with Crippen molar-refractivity contribution in [3.05, 3.63) is 78.2 Å². The molecule has 1 aliphatic heterocycles. The highest BCUT2D eigenvalue weighted by molar-refractivity contribution is 5.98. The molecule has 0 saturated heterocycles. The molecule has 2 N–H and O–H groups in total. The van der Waals surface area contributed by atoms with Crippen molar-refractivity contribution in [2.75, 3.05) is 5.32 Å². The predicted octanol–water partition coefficient (Wildman–Crippen LogP) is 3.45. The Balaban J connectivity index is 1.31. The molecule has 7 heteroatoms. The number of nitrogens with zero attached hydrogens (tertiary/aromatic N) is 2. The van der Waals surface area contributed by atoms with E-state index >= 15 is 0 Å². The van der Waals surface area contributed by atoms with Gasteiger partial charge in [0.05, 0.1) is 17.0 Å². The first-order valence-electron chi connectivity index (χ1n) is 10.2. The number of ether oxygens (including phenoxy) is 1. The lowest BCUT2D eigenvalue weighted by Crippen LogP contribution is -2.49. The van der Waals surface area contributed by atoms with E-state index in [-0.39, 0.29) is 12.8 Å². The number of anilines is 1. The van der Waals surface area contributed by atoms with Gasteiger partial charge in [-0.2, -0.15) is 0 Å².